The highest BCUT2D eigenvalue weighted by Gasteiger charge is 2.40. The summed E-state index contributed by atoms with van der Waals surface area (Å²) >= 11 is 0. The van der Waals surface area contributed by atoms with Crippen molar-refractivity contribution < 1.29 is 9.53 Å². The van der Waals surface area contributed by atoms with E-state index in [0.29, 0.717) is 13.2 Å². The van der Waals surface area contributed by atoms with Crippen molar-refractivity contribution in [3.8, 4) is 0 Å². The Morgan fingerprint density at radius 1 is 1.17 bits per heavy atom. The van der Waals surface area contributed by atoms with Crippen LogP contribution in [0.1, 0.15) is 40.0 Å². The van der Waals surface area contributed by atoms with Gasteiger partial charge in [-0.25, -0.2) is 0 Å². The summed E-state index contributed by atoms with van der Waals surface area (Å²) in [6, 6.07) is 12.2. The lowest BCUT2D eigenvalue weighted by Crippen LogP contribution is -2.61. The van der Waals surface area contributed by atoms with Crippen LogP contribution < -0.4 is 5.56 Å². The van der Waals surface area contributed by atoms with Gasteiger partial charge in [0.15, 0.2) is 0 Å². The zero-order valence-electron chi connectivity index (χ0n) is 16.6. The summed E-state index contributed by atoms with van der Waals surface area (Å²) in [4.78, 5) is 33.2. The number of rotatable bonds is 3. The first-order valence-electron chi connectivity index (χ1n) is 10.6. The van der Waals surface area contributed by atoms with Gasteiger partial charge in [-0.15, -0.1) is 0 Å². The van der Waals surface area contributed by atoms with Crippen LogP contribution in [-0.4, -0.2) is 59.1 Å². The minimum atomic E-state index is -0.254. The summed E-state index contributed by atoms with van der Waals surface area (Å²) in [6.07, 6.45) is 3.83. The number of ether oxygens (including phenoxy) is 1. The Hall–Kier alpha value is -2.44. The zero-order valence-corrected chi connectivity index (χ0v) is 16.6. The molecule has 2 unspecified atom stereocenters. The molecule has 1 amide bonds. The molecule has 3 aliphatic rings. The fraction of sp³-hybridized carbons (Fsp3) is 0.478. The summed E-state index contributed by atoms with van der Waals surface area (Å²) in [5, 5.41) is 0. The van der Waals surface area contributed by atoms with E-state index in [1.54, 1.807) is 0 Å². The molecule has 3 heterocycles. The number of pyridine rings is 1. The number of carbonyl (C=O) groups excluding carboxylic acids is 1. The van der Waals surface area contributed by atoms with Gasteiger partial charge in [-0.3, -0.25) is 14.5 Å². The zero-order chi connectivity index (χ0) is 19.8. The van der Waals surface area contributed by atoms with Crippen molar-refractivity contribution in [3.63, 3.8) is 0 Å². The maximum Gasteiger partial charge on any atom is 0.261 e. The lowest BCUT2D eigenvalue weighted by Gasteiger charge is -2.47. The number of morpholine rings is 1. The maximum absolute atomic E-state index is 13.4. The lowest BCUT2D eigenvalue weighted by atomic mass is 9.97. The van der Waals surface area contributed by atoms with Gasteiger partial charge in [0, 0.05) is 31.9 Å². The van der Waals surface area contributed by atoms with Gasteiger partial charge in [0.25, 0.3) is 11.5 Å². The number of likely N-dealkylation sites (tertiary alicyclic amines) is 1. The summed E-state index contributed by atoms with van der Waals surface area (Å²) in [5.74, 6) is -0.152. The molecule has 2 fully saturated rings. The summed E-state index contributed by atoms with van der Waals surface area (Å²) in [5.41, 5.74) is 3.42. The van der Waals surface area contributed by atoms with Gasteiger partial charge in [0.2, 0.25) is 0 Å². The first-order valence-corrected chi connectivity index (χ1v) is 10.6. The Kier molecular flexibility index (Phi) is 4.97. The summed E-state index contributed by atoms with van der Waals surface area (Å²) in [7, 11) is 0. The monoisotopic (exact) mass is 393 g/mol. The quantitative estimate of drug-likeness (QED) is 0.866. The van der Waals surface area contributed by atoms with Crippen LogP contribution in [-0.2, 0) is 24.1 Å². The fourth-order valence-corrected chi connectivity index (χ4v) is 5.00. The van der Waals surface area contributed by atoms with Crippen molar-refractivity contribution in [2.24, 2.45) is 0 Å². The van der Waals surface area contributed by atoms with Crippen LogP contribution >= 0.6 is 0 Å². The molecule has 6 nitrogen and oxygen atoms in total. The average Bonchev–Trinajstić information content (AvgIpc) is 3.20. The number of aromatic nitrogens is 1. The third kappa shape index (κ3) is 3.63. The topological polar surface area (TPSA) is 65.6 Å². The Balaban J connectivity index is 1.37. The third-order valence-electron chi connectivity index (χ3n) is 6.50. The average molecular weight is 393 g/mol. The van der Waals surface area contributed by atoms with Gasteiger partial charge in [-0.1, -0.05) is 30.3 Å². The number of nitrogens with zero attached hydrogens (tertiary/aromatic N) is 2. The van der Waals surface area contributed by atoms with E-state index in [0.717, 1.165) is 56.6 Å². The second-order valence-corrected chi connectivity index (χ2v) is 8.35. The third-order valence-corrected chi connectivity index (χ3v) is 6.50. The number of nitrogens with one attached hydrogen (secondary N) is 1. The smallest absolute Gasteiger partial charge is 0.261 e. The second-order valence-electron chi connectivity index (χ2n) is 8.35. The van der Waals surface area contributed by atoms with Crippen LogP contribution in [0.15, 0.2) is 41.2 Å². The fourth-order valence-electron chi connectivity index (χ4n) is 5.00. The van der Waals surface area contributed by atoms with Gasteiger partial charge in [0.1, 0.15) is 5.56 Å². The molecular formula is C23H27N3O3. The molecule has 0 saturated carbocycles. The number of fused-ring (bicyclic) bond motifs is 2. The number of H-pyrrole nitrogens is 1. The van der Waals surface area contributed by atoms with E-state index in [1.165, 1.54) is 5.56 Å². The van der Waals surface area contributed by atoms with Crippen molar-refractivity contribution in [2.75, 3.05) is 26.2 Å². The molecule has 1 N–H and O–H groups in total. The van der Waals surface area contributed by atoms with E-state index in [1.807, 2.05) is 17.0 Å². The van der Waals surface area contributed by atoms with Crippen LogP contribution in [0.25, 0.3) is 0 Å². The van der Waals surface area contributed by atoms with Crippen LogP contribution in [0.5, 0.6) is 0 Å². The number of hydrogen-bond acceptors (Lipinski definition) is 4. The highest BCUT2D eigenvalue weighted by atomic mass is 16.5. The second kappa shape index (κ2) is 7.76. The summed E-state index contributed by atoms with van der Waals surface area (Å²) < 4.78 is 5.99. The van der Waals surface area contributed by atoms with E-state index in [2.05, 4.69) is 34.1 Å². The van der Waals surface area contributed by atoms with Crippen LogP contribution in [0.4, 0.5) is 0 Å². The predicted octanol–water partition coefficient (Wildman–Crippen LogP) is 1.98. The minimum absolute atomic E-state index is 0.0126. The lowest BCUT2D eigenvalue weighted by molar-refractivity contribution is -0.0914. The molecular weight excluding hydrogens is 366 g/mol. The number of piperidine rings is 1. The maximum atomic E-state index is 13.4. The van der Waals surface area contributed by atoms with Gasteiger partial charge < -0.3 is 14.6 Å². The van der Waals surface area contributed by atoms with Gasteiger partial charge in [0.05, 0.1) is 18.8 Å². The van der Waals surface area contributed by atoms with E-state index in [-0.39, 0.29) is 29.2 Å². The van der Waals surface area contributed by atoms with Crippen molar-refractivity contribution >= 4 is 5.91 Å². The molecule has 5 rings (SSSR count). The Morgan fingerprint density at radius 3 is 2.90 bits per heavy atom. The van der Waals surface area contributed by atoms with E-state index in [4.69, 9.17) is 4.74 Å². The number of benzene rings is 1. The Bertz CT molecular complexity index is 956. The number of aromatic amines is 1. The van der Waals surface area contributed by atoms with E-state index >= 15 is 0 Å². The van der Waals surface area contributed by atoms with Crippen LogP contribution in [0.3, 0.4) is 0 Å². The molecule has 0 bridgehead atoms. The first kappa shape index (κ1) is 18.6. The van der Waals surface area contributed by atoms with Gasteiger partial charge in [-0.2, -0.15) is 0 Å². The number of aryl methyl sites for hydroxylation is 2. The SMILES string of the molecule is O=C(c1cc2c([nH]c1=O)CCC2)N1CCOC2CCN(Cc3ccccc3)CC21. The van der Waals surface area contributed by atoms with Crippen molar-refractivity contribution in [1.29, 1.82) is 0 Å². The first-order chi connectivity index (χ1) is 14.2. The standard InChI is InChI=1S/C23H27N3O3/c27-22-18(13-17-7-4-8-19(17)24-22)23(28)26-11-12-29-21-9-10-25(15-20(21)26)14-16-5-2-1-3-6-16/h1-3,5-6,13,20-21H,4,7-12,14-15H2,(H,24,27). The van der Waals surface area contributed by atoms with Crippen molar-refractivity contribution in [1.82, 2.24) is 14.8 Å². The predicted molar refractivity (Wildman–Crippen MR) is 110 cm³/mol. The molecule has 1 aromatic carbocycles. The normalized spacial score (nSPS) is 24.2. The largest absolute Gasteiger partial charge is 0.374 e. The Morgan fingerprint density at radius 2 is 2.03 bits per heavy atom. The number of carbonyl (C=O) groups is 1. The molecule has 1 aromatic heterocycles. The highest BCUT2D eigenvalue weighted by molar-refractivity contribution is 5.94. The molecule has 2 atom stereocenters. The van der Waals surface area contributed by atoms with E-state index < -0.39 is 0 Å². The molecule has 0 radical (unpaired) electrons. The molecule has 1 aliphatic carbocycles. The highest BCUT2D eigenvalue weighted by Crippen LogP contribution is 2.26. The van der Waals surface area contributed by atoms with Crippen LogP contribution in [0, 0.1) is 0 Å². The molecule has 152 valence electrons. The molecule has 2 aliphatic heterocycles. The molecule has 2 aromatic rings. The number of hydrogen-bond donors (Lipinski definition) is 1. The van der Waals surface area contributed by atoms with Crippen LogP contribution in [0.2, 0.25) is 0 Å². The molecule has 29 heavy (non-hydrogen) atoms. The molecule has 6 heteroatoms. The summed E-state index contributed by atoms with van der Waals surface area (Å²) in [6.45, 7) is 3.67. The van der Waals surface area contributed by atoms with Gasteiger partial charge in [-0.05, 0) is 42.9 Å². The van der Waals surface area contributed by atoms with Crippen molar-refractivity contribution in [2.45, 2.75) is 44.4 Å². The van der Waals surface area contributed by atoms with Gasteiger partial charge >= 0.3 is 0 Å². The van der Waals surface area contributed by atoms with Crippen molar-refractivity contribution in [3.05, 3.63) is 69.1 Å². The number of amides is 1. The molecule has 0 spiro atoms. The molecule has 2 saturated heterocycles. The Labute approximate surface area is 170 Å². The minimum Gasteiger partial charge on any atom is -0.374 e. The van der Waals surface area contributed by atoms with E-state index in [9.17, 15) is 9.59 Å².